The number of allylic oxidation sites excluding steroid dienone is 2. The standard InChI is InChI=1S/C22H26N2O6/c1-3-29-20(22(26)27)12-15-4-7-17(8-5-15)30-11-10-24-14-16-6-9-19(28-2)21(25)18(16)13-23-24/h4-9,13-14,19-20,23H,3,10-12H2,1-2H3,(H,26,27). The van der Waals surface area contributed by atoms with Crippen LogP contribution in [-0.2, 0) is 25.5 Å². The quantitative estimate of drug-likeness (QED) is 0.599. The van der Waals surface area contributed by atoms with Crippen molar-refractivity contribution in [3.63, 3.8) is 0 Å². The van der Waals surface area contributed by atoms with Gasteiger partial charge in [0.15, 0.2) is 11.9 Å². The zero-order valence-electron chi connectivity index (χ0n) is 17.0. The number of nitrogens with one attached hydrogen (secondary N) is 1. The Bertz CT molecular complexity index is 859. The number of nitrogens with zero attached hydrogens (tertiary/aromatic N) is 1. The van der Waals surface area contributed by atoms with Gasteiger partial charge in [-0.15, -0.1) is 0 Å². The maximum atomic E-state index is 12.3. The summed E-state index contributed by atoms with van der Waals surface area (Å²) in [4.78, 5) is 23.4. The lowest BCUT2D eigenvalue weighted by Crippen LogP contribution is -2.38. The van der Waals surface area contributed by atoms with E-state index in [1.807, 2.05) is 41.6 Å². The van der Waals surface area contributed by atoms with Gasteiger partial charge in [0.2, 0.25) is 0 Å². The Kier molecular flexibility index (Phi) is 7.26. The SMILES string of the molecule is CCOC(Cc1ccc(OCCN2C=C3C=CC(OC)C(=O)C3=CN2)cc1)C(=O)O. The molecule has 2 aliphatic rings. The Morgan fingerprint density at radius 1 is 1.30 bits per heavy atom. The second kappa shape index (κ2) is 10.1. The van der Waals surface area contributed by atoms with E-state index in [0.29, 0.717) is 37.5 Å². The van der Waals surface area contributed by atoms with Crippen LogP contribution < -0.4 is 10.2 Å². The normalized spacial score (nSPS) is 18.8. The topological polar surface area (TPSA) is 97.3 Å². The minimum atomic E-state index is -0.968. The number of hydrogen-bond donors (Lipinski definition) is 2. The Morgan fingerprint density at radius 3 is 2.73 bits per heavy atom. The fourth-order valence-corrected chi connectivity index (χ4v) is 3.21. The van der Waals surface area contributed by atoms with Crippen molar-refractivity contribution in [2.75, 3.05) is 26.9 Å². The minimum Gasteiger partial charge on any atom is -0.492 e. The number of carboxylic acids is 1. The predicted molar refractivity (Wildman–Crippen MR) is 110 cm³/mol. The number of carbonyl (C=O) groups is 2. The van der Waals surface area contributed by atoms with E-state index < -0.39 is 18.2 Å². The molecule has 1 heterocycles. The van der Waals surface area contributed by atoms with Gasteiger partial charge in [-0.1, -0.05) is 18.2 Å². The van der Waals surface area contributed by atoms with E-state index in [4.69, 9.17) is 14.2 Å². The van der Waals surface area contributed by atoms with Crippen molar-refractivity contribution in [3.8, 4) is 5.75 Å². The Hall–Kier alpha value is -3.10. The van der Waals surface area contributed by atoms with Gasteiger partial charge in [-0.25, -0.2) is 4.79 Å². The number of ether oxygens (including phenoxy) is 3. The van der Waals surface area contributed by atoms with Crippen LogP contribution in [0, 0.1) is 0 Å². The van der Waals surface area contributed by atoms with Gasteiger partial charge in [-0.2, -0.15) is 0 Å². The number of carboxylic acid groups (broad SMARTS) is 1. The molecule has 8 heteroatoms. The molecule has 0 saturated heterocycles. The van der Waals surface area contributed by atoms with Crippen LogP contribution in [0.3, 0.4) is 0 Å². The summed E-state index contributed by atoms with van der Waals surface area (Å²) in [7, 11) is 1.51. The summed E-state index contributed by atoms with van der Waals surface area (Å²) in [5.41, 5.74) is 5.37. The lowest BCUT2D eigenvalue weighted by Gasteiger charge is -2.29. The molecule has 160 valence electrons. The average molecular weight is 414 g/mol. The number of benzene rings is 1. The molecule has 1 aliphatic carbocycles. The second-order valence-electron chi connectivity index (χ2n) is 6.82. The van der Waals surface area contributed by atoms with Crippen LogP contribution in [0.2, 0.25) is 0 Å². The van der Waals surface area contributed by atoms with E-state index >= 15 is 0 Å². The molecule has 0 bridgehead atoms. The number of hydrazine groups is 1. The van der Waals surface area contributed by atoms with Gasteiger partial charge < -0.3 is 24.7 Å². The molecular weight excluding hydrogens is 388 g/mol. The van der Waals surface area contributed by atoms with E-state index in [1.54, 1.807) is 19.2 Å². The largest absolute Gasteiger partial charge is 0.492 e. The number of rotatable bonds is 10. The molecule has 8 nitrogen and oxygen atoms in total. The van der Waals surface area contributed by atoms with E-state index in [-0.39, 0.29) is 5.78 Å². The van der Waals surface area contributed by atoms with Gasteiger partial charge >= 0.3 is 5.97 Å². The van der Waals surface area contributed by atoms with E-state index in [2.05, 4.69) is 5.43 Å². The number of carbonyl (C=O) groups excluding carboxylic acids is 1. The molecule has 3 rings (SSSR count). The molecule has 1 aromatic carbocycles. The van der Waals surface area contributed by atoms with Crippen LogP contribution >= 0.6 is 0 Å². The van der Waals surface area contributed by atoms with Gasteiger partial charge in [0.25, 0.3) is 0 Å². The molecular formula is C22H26N2O6. The number of ketones is 1. The highest BCUT2D eigenvalue weighted by atomic mass is 16.5. The van der Waals surface area contributed by atoms with Crippen molar-refractivity contribution < 1.29 is 28.9 Å². The van der Waals surface area contributed by atoms with E-state index in [1.165, 1.54) is 7.11 Å². The van der Waals surface area contributed by atoms with E-state index in [9.17, 15) is 14.7 Å². The summed E-state index contributed by atoms with van der Waals surface area (Å²) >= 11 is 0. The summed E-state index contributed by atoms with van der Waals surface area (Å²) in [6.45, 7) is 3.12. The lowest BCUT2D eigenvalue weighted by molar-refractivity contribution is -0.149. The van der Waals surface area contributed by atoms with Crippen LogP contribution in [-0.4, -0.2) is 60.9 Å². The highest BCUT2D eigenvalue weighted by Gasteiger charge is 2.27. The lowest BCUT2D eigenvalue weighted by atomic mass is 9.93. The van der Waals surface area contributed by atoms with Gasteiger partial charge in [0.05, 0.1) is 6.54 Å². The number of hydrogen-bond acceptors (Lipinski definition) is 7. The summed E-state index contributed by atoms with van der Waals surface area (Å²) in [6.07, 6.45) is 6.08. The zero-order valence-corrected chi connectivity index (χ0v) is 17.0. The molecule has 0 aromatic heterocycles. The highest BCUT2D eigenvalue weighted by Crippen LogP contribution is 2.24. The number of Topliss-reactive ketones (excluding diaryl/α,β-unsaturated/α-hetero) is 1. The maximum Gasteiger partial charge on any atom is 0.333 e. The van der Waals surface area contributed by atoms with Crippen molar-refractivity contribution in [1.82, 2.24) is 10.4 Å². The molecule has 2 atom stereocenters. The smallest absolute Gasteiger partial charge is 0.333 e. The first-order valence-corrected chi connectivity index (χ1v) is 9.78. The van der Waals surface area contributed by atoms with Gasteiger partial charge in [0, 0.05) is 43.7 Å². The highest BCUT2D eigenvalue weighted by molar-refractivity contribution is 6.06. The molecule has 0 saturated carbocycles. The van der Waals surface area contributed by atoms with Crippen molar-refractivity contribution in [1.29, 1.82) is 0 Å². The van der Waals surface area contributed by atoms with Gasteiger partial charge in [-0.05, 0) is 30.7 Å². The number of aliphatic carboxylic acids is 1. The van der Waals surface area contributed by atoms with Gasteiger partial charge in [-0.3, -0.25) is 9.80 Å². The van der Waals surface area contributed by atoms with Crippen LogP contribution in [0.25, 0.3) is 0 Å². The Morgan fingerprint density at radius 2 is 2.07 bits per heavy atom. The average Bonchev–Trinajstić information content (AvgIpc) is 2.75. The Balaban J connectivity index is 1.49. The first-order chi connectivity index (χ1) is 14.5. The second-order valence-corrected chi connectivity index (χ2v) is 6.82. The van der Waals surface area contributed by atoms with Crippen molar-refractivity contribution >= 4 is 11.8 Å². The summed E-state index contributed by atoms with van der Waals surface area (Å²) in [5.74, 6) is -0.340. The van der Waals surface area contributed by atoms with Gasteiger partial charge in [0.1, 0.15) is 18.5 Å². The molecule has 1 aromatic rings. The van der Waals surface area contributed by atoms with Crippen molar-refractivity contribution in [3.05, 3.63) is 65.5 Å². The van der Waals surface area contributed by atoms with Crippen molar-refractivity contribution in [2.24, 2.45) is 0 Å². The summed E-state index contributed by atoms with van der Waals surface area (Å²) < 4.78 is 16.2. The molecule has 30 heavy (non-hydrogen) atoms. The number of fused-ring (bicyclic) bond motifs is 1. The third-order valence-electron chi connectivity index (χ3n) is 4.80. The summed E-state index contributed by atoms with van der Waals surface area (Å²) in [6, 6.07) is 7.30. The first-order valence-electron chi connectivity index (χ1n) is 9.78. The predicted octanol–water partition coefficient (Wildman–Crippen LogP) is 1.84. The third-order valence-corrected chi connectivity index (χ3v) is 4.80. The number of methoxy groups -OCH3 is 1. The fraction of sp³-hybridized carbons (Fsp3) is 0.364. The Labute approximate surface area is 175 Å². The van der Waals surface area contributed by atoms with Crippen LogP contribution in [0.4, 0.5) is 0 Å². The first kappa shape index (κ1) is 21.6. The van der Waals surface area contributed by atoms with Crippen LogP contribution in [0.5, 0.6) is 5.75 Å². The van der Waals surface area contributed by atoms with Crippen molar-refractivity contribution in [2.45, 2.75) is 25.6 Å². The minimum absolute atomic E-state index is 0.0655. The molecule has 2 unspecified atom stereocenters. The molecule has 0 amide bonds. The fourth-order valence-electron chi connectivity index (χ4n) is 3.21. The molecule has 1 aliphatic heterocycles. The zero-order chi connectivity index (χ0) is 21.5. The monoisotopic (exact) mass is 414 g/mol. The molecule has 0 spiro atoms. The molecule has 0 fully saturated rings. The third kappa shape index (κ3) is 5.28. The molecule has 2 N–H and O–H groups in total. The summed E-state index contributed by atoms with van der Waals surface area (Å²) in [5, 5.41) is 11.0. The molecule has 0 radical (unpaired) electrons. The van der Waals surface area contributed by atoms with Crippen LogP contribution in [0.1, 0.15) is 12.5 Å². The van der Waals surface area contributed by atoms with E-state index in [0.717, 1.165) is 11.1 Å². The maximum absolute atomic E-state index is 12.3. The van der Waals surface area contributed by atoms with Crippen LogP contribution in [0.15, 0.2) is 60.0 Å².